The third-order valence-electron chi connectivity index (χ3n) is 4.93. The second-order valence-electron chi connectivity index (χ2n) is 6.89. The van der Waals surface area contributed by atoms with Gasteiger partial charge >= 0.3 is 0 Å². The van der Waals surface area contributed by atoms with Crippen LogP contribution in [-0.4, -0.2) is 5.71 Å². The molecule has 2 aliphatic rings. The summed E-state index contributed by atoms with van der Waals surface area (Å²) >= 11 is 12.1. The molecule has 0 amide bonds. The van der Waals surface area contributed by atoms with Gasteiger partial charge < -0.3 is 10.2 Å². The maximum absolute atomic E-state index is 6.11. The van der Waals surface area contributed by atoms with Gasteiger partial charge in [-0.15, -0.1) is 0 Å². The van der Waals surface area contributed by atoms with Gasteiger partial charge in [-0.1, -0.05) is 41.4 Å². The third-order valence-corrected chi connectivity index (χ3v) is 5.43. The molecule has 0 spiro atoms. The summed E-state index contributed by atoms with van der Waals surface area (Å²) in [7, 11) is 0. The lowest BCUT2D eigenvalue weighted by molar-refractivity contribution is 1.12. The van der Waals surface area contributed by atoms with Gasteiger partial charge in [0.1, 0.15) is 0 Å². The van der Waals surface area contributed by atoms with Crippen molar-refractivity contribution < 1.29 is 0 Å². The van der Waals surface area contributed by atoms with Crippen molar-refractivity contribution in [2.24, 2.45) is 4.99 Å². The SMILES string of the molecule is Clc1ccc(NC2=CC3=Nc4ccccc4N(c4ccc(Cl)cc4)C3=CC2)cc1. The molecule has 0 saturated carbocycles. The molecular weight excluding hydrogens is 401 g/mol. The van der Waals surface area contributed by atoms with Crippen molar-refractivity contribution in [3.63, 3.8) is 0 Å². The summed E-state index contributed by atoms with van der Waals surface area (Å²) in [5.74, 6) is 0. The molecule has 0 bridgehead atoms. The van der Waals surface area contributed by atoms with Crippen LogP contribution in [0, 0.1) is 0 Å². The second-order valence-corrected chi connectivity index (χ2v) is 7.77. The number of nitrogens with zero attached hydrogens (tertiary/aromatic N) is 2. The van der Waals surface area contributed by atoms with E-state index in [0.29, 0.717) is 0 Å². The maximum Gasteiger partial charge on any atom is 0.0892 e. The quantitative estimate of drug-likeness (QED) is 0.477. The lowest BCUT2D eigenvalue weighted by atomic mass is 10.0. The summed E-state index contributed by atoms with van der Waals surface area (Å²) in [4.78, 5) is 7.15. The number of allylic oxidation sites excluding steroid dienone is 2. The molecule has 3 nitrogen and oxygen atoms in total. The molecule has 5 heteroatoms. The van der Waals surface area contributed by atoms with Gasteiger partial charge in [0.05, 0.1) is 22.8 Å². The molecule has 3 aromatic rings. The summed E-state index contributed by atoms with van der Waals surface area (Å²) in [5, 5.41) is 4.91. The minimum absolute atomic E-state index is 0.722. The second kappa shape index (κ2) is 7.43. The number of hydrogen-bond donors (Lipinski definition) is 1. The van der Waals surface area contributed by atoms with E-state index in [0.717, 1.165) is 56.3 Å². The van der Waals surface area contributed by atoms with Crippen LogP contribution in [0.3, 0.4) is 0 Å². The molecule has 5 rings (SSSR count). The van der Waals surface area contributed by atoms with E-state index >= 15 is 0 Å². The highest BCUT2D eigenvalue weighted by atomic mass is 35.5. The zero-order valence-electron chi connectivity index (χ0n) is 15.4. The van der Waals surface area contributed by atoms with Crippen LogP contribution in [0.2, 0.25) is 10.0 Å². The van der Waals surface area contributed by atoms with Crippen LogP contribution in [0.25, 0.3) is 0 Å². The molecule has 1 heterocycles. The van der Waals surface area contributed by atoms with Crippen LogP contribution >= 0.6 is 23.2 Å². The number of rotatable bonds is 3. The highest BCUT2D eigenvalue weighted by Gasteiger charge is 2.27. The standard InChI is InChI=1S/C24H17Cl2N3/c25-16-5-9-18(10-6-16)27-19-11-14-24-22(15-19)28-21-3-1-2-4-23(21)29(24)20-12-7-17(26)8-13-20/h1-10,12-15,27H,11H2. The Kier molecular flexibility index (Phi) is 4.62. The average Bonchev–Trinajstić information content (AvgIpc) is 2.74. The Balaban J connectivity index is 1.53. The first-order valence-corrected chi connectivity index (χ1v) is 10.1. The van der Waals surface area contributed by atoms with Gasteiger partial charge in [0.2, 0.25) is 0 Å². The number of anilines is 3. The number of fused-ring (bicyclic) bond motifs is 2. The van der Waals surface area contributed by atoms with Gasteiger partial charge in [0, 0.05) is 33.5 Å². The minimum Gasteiger partial charge on any atom is -0.359 e. The number of para-hydroxylation sites is 2. The Morgan fingerprint density at radius 1 is 0.828 bits per heavy atom. The van der Waals surface area contributed by atoms with Crippen molar-refractivity contribution in [3.05, 3.63) is 106 Å². The molecule has 1 aliphatic carbocycles. The summed E-state index contributed by atoms with van der Waals surface area (Å²) in [6.07, 6.45) is 5.10. The van der Waals surface area contributed by atoms with E-state index < -0.39 is 0 Å². The first-order valence-electron chi connectivity index (χ1n) is 9.34. The Labute approximate surface area is 179 Å². The van der Waals surface area contributed by atoms with Gasteiger partial charge in [-0.2, -0.15) is 0 Å². The van der Waals surface area contributed by atoms with E-state index in [1.54, 1.807) is 0 Å². The number of hydrogen-bond acceptors (Lipinski definition) is 3. The van der Waals surface area contributed by atoms with E-state index in [1.165, 1.54) is 0 Å². The highest BCUT2D eigenvalue weighted by molar-refractivity contribution is 6.31. The van der Waals surface area contributed by atoms with Crippen molar-refractivity contribution in [1.29, 1.82) is 0 Å². The van der Waals surface area contributed by atoms with Crippen LogP contribution in [0.1, 0.15) is 6.42 Å². The zero-order chi connectivity index (χ0) is 19.8. The first kappa shape index (κ1) is 18.0. The molecule has 0 aromatic heterocycles. The Bertz CT molecular complexity index is 1160. The van der Waals surface area contributed by atoms with Crippen LogP contribution in [0.15, 0.2) is 101 Å². The van der Waals surface area contributed by atoms with Crippen LogP contribution in [-0.2, 0) is 0 Å². The van der Waals surface area contributed by atoms with E-state index in [9.17, 15) is 0 Å². The molecule has 0 atom stereocenters. The predicted octanol–water partition coefficient (Wildman–Crippen LogP) is 7.50. The molecule has 1 aliphatic heterocycles. The van der Waals surface area contributed by atoms with Gasteiger partial charge in [-0.3, -0.25) is 0 Å². The zero-order valence-corrected chi connectivity index (χ0v) is 17.0. The van der Waals surface area contributed by atoms with Crippen molar-refractivity contribution in [3.8, 4) is 0 Å². The summed E-state index contributed by atoms with van der Waals surface area (Å²) in [6.45, 7) is 0. The van der Waals surface area contributed by atoms with Gasteiger partial charge in [-0.25, -0.2) is 4.99 Å². The van der Waals surface area contributed by atoms with E-state index in [4.69, 9.17) is 28.2 Å². The minimum atomic E-state index is 0.722. The van der Waals surface area contributed by atoms with E-state index in [-0.39, 0.29) is 0 Å². The smallest absolute Gasteiger partial charge is 0.0892 e. The molecule has 29 heavy (non-hydrogen) atoms. The largest absolute Gasteiger partial charge is 0.359 e. The first-order chi connectivity index (χ1) is 14.2. The number of nitrogens with one attached hydrogen (secondary N) is 1. The normalized spacial score (nSPS) is 15.0. The molecule has 0 saturated heterocycles. The van der Waals surface area contributed by atoms with Crippen molar-refractivity contribution >= 4 is 51.7 Å². The van der Waals surface area contributed by atoms with Crippen LogP contribution in [0.5, 0.6) is 0 Å². The lowest BCUT2D eigenvalue weighted by Crippen LogP contribution is -2.27. The van der Waals surface area contributed by atoms with Gasteiger partial charge in [0.25, 0.3) is 0 Å². The topological polar surface area (TPSA) is 27.6 Å². The Hall–Kier alpha value is -3.01. The lowest BCUT2D eigenvalue weighted by Gasteiger charge is -2.34. The maximum atomic E-state index is 6.11. The molecule has 0 unspecified atom stereocenters. The van der Waals surface area contributed by atoms with Crippen molar-refractivity contribution in [1.82, 2.24) is 0 Å². The average molecular weight is 418 g/mol. The fraction of sp³-hybridized carbons (Fsp3) is 0.0417. The molecule has 0 fully saturated rings. The van der Waals surface area contributed by atoms with Crippen LogP contribution in [0.4, 0.5) is 22.7 Å². The number of halogens is 2. The van der Waals surface area contributed by atoms with Gasteiger partial charge in [-0.05, 0) is 66.7 Å². The fourth-order valence-corrected chi connectivity index (χ4v) is 3.84. The summed E-state index contributed by atoms with van der Waals surface area (Å²) < 4.78 is 0. The summed E-state index contributed by atoms with van der Waals surface area (Å²) in [6, 6.07) is 23.8. The third kappa shape index (κ3) is 3.55. The molecular formula is C24H17Cl2N3. The van der Waals surface area contributed by atoms with Crippen molar-refractivity contribution in [2.75, 3.05) is 10.2 Å². The van der Waals surface area contributed by atoms with Crippen molar-refractivity contribution in [2.45, 2.75) is 6.42 Å². The number of benzene rings is 3. The van der Waals surface area contributed by atoms with E-state index in [2.05, 4.69) is 28.4 Å². The molecule has 0 radical (unpaired) electrons. The fourth-order valence-electron chi connectivity index (χ4n) is 3.59. The Morgan fingerprint density at radius 2 is 1.52 bits per heavy atom. The van der Waals surface area contributed by atoms with E-state index in [1.807, 2.05) is 66.7 Å². The van der Waals surface area contributed by atoms with Gasteiger partial charge in [0.15, 0.2) is 0 Å². The highest BCUT2D eigenvalue weighted by Crippen LogP contribution is 2.43. The number of aliphatic imine (C=N–C) groups is 1. The predicted molar refractivity (Wildman–Crippen MR) is 123 cm³/mol. The molecule has 1 N–H and O–H groups in total. The summed E-state index contributed by atoms with van der Waals surface area (Å²) in [5.41, 5.74) is 7.16. The monoisotopic (exact) mass is 417 g/mol. The molecule has 3 aromatic carbocycles. The Morgan fingerprint density at radius 3 is 2.28 bits per heavy atom. The molecule has 142 valence electrons. The van der Waals surface area contributed by atoms with Crippen LogP contribution < -0.4 is 10.2 Å².